The Morgan fingerprint density at radius 1 is 1.26 bits per heavy atom. The van der Waals surface area contributed by atoms with Crippen LogP contribution in [0.4, 0.5) is 0 Å². The molecule has 0 bridgehead atoms. The molecule has 1 heterocycles. The lowest BCUT2D eigenvalue weighted by Crippen LogP contribution is -2.43. The molecule has 1 aliphatic carbocycles. The number of hydrogen-bond acceptors (Lipinski definition) is 4. The lowest BCUT2D eigenvalue weighted by atomic mass is 9.78. The van der Waals surface area contributed by atoms with Gasteiger partial charge in [0.25, 0.3) is 0 Å². The van der Waals surface area contributed by atoms with Crippen LogP contribution in [0.2, 0.25) is 0 Å². The average molecular weight is 286 g/mol. The molecule has 0 aromatic carbocycles. The minimum Gasteiger partial charge on any atom is -0.360 e. The number of rotatable bonds is 3. The molecule has 19 heavy (non-hydrogen) atoms. The average Bonchev–Trinajstić information content (AvgIpc) is 2.65. The molecule has 1 aromatic rings. The van der Waals surface area contributed by atoms with Gasteiger partial charge in [-0.15, -0.1) is 0 Å². The van der Waals surface area contributed by atoms with Crippen LogP contribution in [0.3, 0.4) is 0 Å². The van der Waals surface area contributed by atoms with Crippen LogP contribution in [0.25, 0.3) is 0 Å². The summed E-state index contributed by atoms with van der Waals surface area (Å²) in [7, 11) is -3.54. The van der Waals surface area contributed by atoms with Gasteiger partial charge in [0.05, 0.1) is 0 Å². The van der Waals surface area contributed by atoms with Gasteiger partial charge in [-0.1, -0.05) is 31.8 Å². The fourth-order valence-electron chi connectivity index (χ4n) is 2.86. The molecule has 1 aromatic heterocycles. The van der Waals surface area contributed by atoms with Crippen LogP contribution < -0.4 is 4.72 Å². The van der Waals surface area contributed by atoms with E-state index < -0.39 is 10.0 Å². The lowest BCUT2D eigenvalue weighted by molar-refractivity contribution is 0.227. The normalized spacial score (nSPS) is 28.5. The Bertz CT molecular complexity index is 531. The zero-order valence-corrected chi connectivity index (χ0v) is 12.8. The van der Waals surface area contributed by atoms with Gasteiger partial charge < -0.3 is 4.52 Å². The molecule has 1 saturated carbocycles. The fourth-order valence-corrected chi connectivity index (χ4v) is 4.56. The minimum absolute atomic E-state index is 0.00227. The van der Waals surface area contributed by atoms with Gasteiger partial charge in [-0.3, -0.25) is 0 Å². The van der Waals surface area contributed by atoms with Gasteiger partial charge in [0.15, 0.2) is 5.76 Å². The number of aromatic nitrogens is 1. The monoisotopic (exact) mass is 286 g/mol. The van der Waals surface area contributed by atoms with Gasteiger partial charge in [-0.2, -0.15) is 0 Å². The Labute approximate surface area is 114 Å². The first kappa shape index (κ1) is 14.5. The second kappa shape index (κ2) is 5.25. The minimum atomic E-state index is -3.54. The highest BCUT2D eigenvalue weighted by atomic mass is 32.2. The van der Waals surface area contributed by atoms with Crippen molar-refractivity contribution in [3.8, 4) is 0 Å². The van der Waals surface area contributed by atoms with Crippen molar-refractivity contribution in [3.05, 3.63) is 11.5 Å². The van der Waals surface area contributed by atoms with Gasteiger partial charge in [0.1, 0.15) is 10.6 Å². The molecule has 3 atom stereocenters. The fraction of sp³-hybridized carbons (Fsp3) is 0.769. The molecule has 108 valence electrons. The van der Waals surface area contributed by atoms with Crippen LogP contribution in [-0.2, 0) is 10.0 Å². The molecule has 0 amide bonds. The maximum absolute atomic E-state index is 12.4. The summed E-state index contributed by atoms with van der Waals surface area (Å²) in [6.45, 7) is 7.57. The van der Waals surface area contributed by atoms with Crippen molar-refractivity contribution in [2.75, 3.05) is 0 Å². The summed E-state index contributed by atoms with van der Waals surface area (Å²) in [4.78, 5) is 0.193. The van der Waals surface area contributed by atoms with Gasteiger partial charge in [0.2, 0.25) is 10.0 Å². The first-order chi connectivity index (χ1) is 8.83. The Morgan fingerprint density at radius 3 is 2.53 bits per heavy atom. The summed E-state index contributed by atoms with van der Waals surface area (Å²) < 4.78 is 32.7. The molecule has 2 rings (SSSR count). The summed E-state index contributed by atoms with van der Waals surface area (Å²) in [6, 6.07) is 0.00227. The van der Waals surface area contributed by atoms with Crippen molar-refractivity contribution < 1.29 is 12.9 Å². The van der Waals surface area contributed by atoms with E-state index in [4.69, 9.17) is 4.52 Å². The van der Waals surface area contributed by atoms with Gasteiger partial charge in [-0.05, 0) is 32.1 Å². The second-order valence-corrected chi connectivity index (χ2v) is 7.30. The summed E-state index contributed by atoms with van der Waals surface area (Å²) in [5, 5.41) is 3.72. The van der Waals surface area contributed by atoms with E-state index in [0.717, 1.165) is 12.8 Å². The third-order valence-corrected chi connectivity index (χ3v) is 5.98. The number of hydrogen-bond donors (Lipinski definition) is 1. The molecule has 0 saturated heterocycles. The third-order valence-electron chi connectivity index (χ3n) is 4.25. The van der Waals surface area contributed by atoms with E-state index in [1.165, 1.54) is 6.42 Å². The SMILES string of the molecule is Cc1noc(C)c1S(=O)(=O)NC1CCCC(C)C1C. The van der Waals surface area contributed by atoms with E-state index in [-0.39, 0.29) is 10.9 Å². The molecule has 3 unspecified atom stereocenters. The Hall–Kier alpha value is -0.880. The smallest absolute Gasteiger partial charge is 0.246 e. The zero-order valence-electron chi connectivity index (χ0n) is 11.9. The molecule has 0 radical (unpaired) electrons. The van der Waals surface area contributed by atoms with Crippen LogP contribution in [0.1, 0.15) is 44.6 Å². The van der Waals surface area contributed by atoms with Crippen LogP contribution in [0.15, 0.2) is 9.42 Å². The Morgan fingerprint density at radius 2 is 1.95 bits per heavy atom. The van der Waals surface area contributed by atoms with E-state index in [0.29, 0.717) is 23.3 Å². The van der Waals surface area contributed by atoms with Gasteiger partial charge in [0, 0.05) is 6.04 Å². The number of nitrogens with one attached hydrogen (secondary N) is 1. The predicted octanol–water partition coefficient (Wildman–Crippen LogP) is 2.39. The summed E-state index contributed by atoms with van der Waals surface area (Å²) in [6.07, 6.45) is 3.14. The Kier molecular flexibility index (Phi) is 4.01. The molecule has 1 aliphatic rings. The molecule has 0 aliphatic heterocycles. The van der Waals surface area contributed by atoms with E-state index in [1.54, 1.807) is 13.8 Å². The summed E-state index contributed by atoms with van der Waals surface area (Å²) in [5.41, 5.74) is 0.418. The topological polar surface area (TPSA) is 72.2 Å². The van der Waals surface area contributed by atoms with Crippen molar-refractivity contribution in [2.24, 2.45) is 11.8 Å². The maximum Gasteiger partial charge on any atom is 0.246 e. The maximum atomic E-state index is 12.4. The zero-order chi connectivity index (χ0) is 14.2. The van der Waals surface area contributed by atoms with Crippen LogP contribution in [0, 0.1) is 25.7 Å². The van der Waals surface area contributed by atoms with E-state index in [9.17, 15) is 8.42 Å². The highest BCUT2D eigenvalue weighted by molar-refractivity contribution is 7.89. The quantitative estimate of drug-likeness (QED) is 0.926. The standard InChI is InChI=1S/C13H22N2O3S/c1-8-6-5-7-12(9(8)2)15-19(16,17)13-10(3)14-18-11(13)4/h8-9,12,15H,5-7H2,1-4H3. The molecule has 6 heteroatoms. The number of aryl methyl sites for hydroxylation is 2. The number of sulfonamides is 1. The van der Waals surface area contributed by atoms with Crippen molar-refractivity contribution in [1.82, 2.24) is 9.88 Å². The van der Waals surface area contributed by atoms with E-state index in [1.807, 2.05) is 0 Å². The van der Waals surface area contributed by atoms with Crippen molar-refractivity contribution in [3.63, 3.8) is 0 Å². The summed E-state index contributed by atoms with van der Waals surface area (Å²) >= 11 is 0. The summed E-state index contributed by atoms with van der Waals surface area (Å²) in [5.74, 6) is 1.25. The second-order valence-electron chi connectivity index (χ2n) is 5.65. The van der Waals surface area contributed by atoms with Crippen LogP contribution in [0.5, 0.6) is 0 Å². The molecular formula is C13H22N2O3S. The molecule has 0 spiro atoms. The molecule has 1 N–H and O–H groups in total. The van der Waals surface area contributed by atoms with Crippen molar-refractivity contribution in [2.45, 2.75) is 57.9 Å². The highest BCUT2D eigenvalue weighted by Crippen LogP contribution is 2.31. The molecule has 1 fully saturated rings. The number of nitrogens with zero attached hydrogens (tertiary/aromatic N) is 1. The molecule has 5 nitrogen and oxygen atoms in total. The Balaban J connectivity index is 2.22. The van der Waals surface area contributed by atoms with Gasteiger partial charge >= 0.3 is 0 Å². The van der Waals surface area contributed by atoms with Crippen LogP contribution in [-0.4, -0.2) is 19.6 Å². The van der Waals surface area contributed by atoms with Gasteiger partial charge in [-0.25, -0.2) is 13.1 Å². The first-order valence-electron chi connectivity index (χ1n) is 6.78. The van der Waals surface area contributed by atoms with E-state index >= 15 is 0 Å². The third kappa shape index (κ3) is 2.84. The van der Waals surface area contributed by atoms with E-state index in [2.05, 4.69) is 23.7 Å². The predicted molar refractivity (Wildman–Crippen MR) is 72.3 cm³/mol. The van der Waals surface area contributed by atoms with Crippen molar-refractivity contribution >= 4 is 10.0 Å². The lowest BCUT2D eigenvalue weighted by Gasteiger charge is -2.34. The largest absolute Gasteiger partial charge is 0.360 e. The molecular weight excluding hydrogens is 264 g/mol. The first-order valence-corrected chi connectivity index (χ1v) is 8.26. The van der Waals surface area contributed by atoms with Crippen LogP contribution >= 0.6 is 0 Å². The van der Waals surface area contributed by atoms with Crippen molar-refractivity contribution in [1.29, 1.82) is 0 Å². The highest BCUT2D eigenvalue weighted by Gasteiger charge is 2.33.